The molecule has 0 unspecified atom stereocenters. The number of nitrogens with one attached hydrogen (secondary N) is 1. The average Bonchev–Trinajstić information content (AvgIpc) is 3.20. The zero-order chi connectivity index (χ0) is 32.0. The van der Waals surface area contributed by atoms with Gasteiger partial charge in [-0.15, -0.1) is 23.5 Å². The monoisotopic (exact) mass is 651 g/mol. The van der Waals surface area contributed by atoms with E-state index in [0.29, 0.717) is 0 Å². The van der Waals surface area contributed by atoms with Crippen molar-refractivity contribution in [3.63, 3.8) is 0 Å². The molecule has 0 spiro atoms. The van der Waals surface area contributed by atoms with Gasteiger partial charge in [-0.25, -0.2) is 4.79 Å². The fraction of sp³-hybridized carbons (Fsp3) is 0.500. The number of carbonyl (C=O) groups excluding carboxylic acids is 3. The lowest BCUT2D eigenvalue weighted by Gasteiger charge is -2.49. The predicted molar refractivity (Wildman–Crippen MR) is 171 cm³/mol. The van der Waals surface area contributed by atoms with E-state index >= 15 is 0 Å². The summed E-state index contributed by atoms with van der Waals surface area (Å²) in [5.74, 6) is -2.12. The first kappa shape index (κ1) is 34.9. The highest BCUT2D eigenvalue weighted by Gasteiger charge is 2.73. The maximum atomic E-state index is 13.4. The predicted octanol–water partition coefficient (Wildman–Crippen LogP) is 3.94. The Morgan fingerprint density at radius 2 is 1.58 bits per heavy atom. The Bertz CT molecular complexity index is 1370. The Morgan fingerprint density at radius 3 is 2.05 bits per heavy atom. The van der Waals surface area contributed by atoms with E-state index in [1.165, 1.54) is 60.2 Å². The lowest BCUT2D eigenvalue weighted by molar-refractivity contribution is -0.168. The molecule has 2 aromatic rings. The van der Waals surface area contributed by atoms with Crippen LogP contribution in [0.25, 0.3) is 0 Å². The highest BCUT2D eigenvalue weighted by molar-refractivity contribution is 8.06. The molecule has 2 saturated heterocycles. The summed E-state index contributed by atoms with van der Waals surface area (Å²) in [6, 6.07) is 15.7. The lowest BCUT2D eigenvalue weighted by Crippen LogP contribution is -2.74. The van der Waals surface area contributed by atoms with E-state index in [2.05, 4.69) is 31.0 Å². The van der Waals surface area contributed by atoms with Gasteiger partial charge in [-0.1, -0.05) is 81.4 Å². The number of amides is 2. The van der Waals surface area contributed by atoms with Crippen molar-refractivity contribution >= 4 is 51.4 Å². The van der Waals surface area contributed by atoms with Crippen molar-refractivity contribution in [1.82, 2.24) is 15.1 Å². The van der Waals surface area contributed by atoms with Crippen LogP contribution < -0.4 is 5.32 Å². The number of benzene rings is 2. The molecule has 4 rings (SSSR count). The number of ether oxygens (including phenoxy) is 1. The van der Waals surface area contributed by atoms with E-state index in [1.54, 1.807) is 24.5 Å². The molecule has 0 aromatic heterocycles. The quantitative estimate of drug-likeness (QED) is 0.209. The molecule has 2 fully saturated rings. The first-order valence-electron chi connectivity index (χ1n) is 14.1. The number of hydrogen-bond acceptors (Lipinski definition) is 9. The summed E-state index contributed by atoms with van der Waals surface area (Å²) >= 11 is 2.51. The van der Waals surface area contributed by atoms with Crippen LogP contribution in [0.1, 0.15) is 51.0 Å². The fourth-order valence-electron chi connectivity index (χ4n) is 5.30. The summed E-state index contributed by atoms with van der Waals surface area (Å²) in [7, 11) is -4.81. The number of carbonyl (C=O) groups is 3. The molecule has 2 aromatic carbocycles. The molecule has 2 aliphatic rings. The lowest BCUT2D eigenvalue weighted by atomic mass is 9.94. The van der Waals surface area contributed by atoms with Crippen molar-refractivity contribution in [2.24, 2.45) is 0 Å². The molecule has 2 N–H and O–H groups in total. The normalized spacial score (nSPS) is 23.0. The SMILES string of the molecule is CCN(CC)CC.CS[C@@]1(C(=O)OCc2ccccc2)N2C(=O)[C@H](NC(=O)[C@@H](c3ccccc3)S(=O)(=O)O)[C@H]2SC1(C)C. The van der Waals surface area contributed by atoms with Crippen molar-refractivity contribution in [3.8, 4) is 0 Å². The zero-order valence-corrected chi connectivity index (χ0v) is 27.8. The minimum atomic E-state index is -4.81. The van der Waals surface area contributed by atoms with Crippen LogP contribution in [0.5, 0.6) is 0 Å². The Hall–Kier alpha value is -2.58. The van der Waals surface area contributed by atoms with Gasteiger partial charge < -0.3 is 19.9 Å². The summed E-state index contributed by atoms with van der Waals surface area (Å²) in [6.45, 7) is 13.8. The van der Waals surface area contributed by atoms with Gasteiger partial charge in [0.1, 0.15) is 18.0 Å². The van der Waals surface area contributed by atoms with Crippen LogP contribution in [0.3, 0.4) is 0 Å². The third-order valence-corrected chi connectivity index (χ3v) is 12.0. The first-order chi connectivity index (χ1) is 20.3. The maximum absolute atomic E-state index is 13.4. The second-order valence-corrected chi connectivity index (χ2v) is 14.8. The highest BCUT2D eigenvalue weighted by Crippen LogP contribution is 2.61. The Balaban J connectivity index is 0.000000646. The standard InChI is InChI=1S/C24H26N2O7S3.C6H15N/c1-23(2)24(34-3,22(29)33-14-15-10-6-4-7-11-15)26-20(28)17(21(26)35-23)25-19(27)18(36(30,31)32)16-12-8-5-9-13-16;1-4-7(5-2)6-3/h4-13,17-18,21H,14H2,1-3H3,(H,25,27)(H,30,31,32);4-6H2,1-3H3/t17-,18+,21+,24+;/m0./s1. The smallest absolute Gasteiger partial charge is 0.344 e. The van der Waals surface area contributed by atoms with Crippen molar-refractivity contribution < 1.29 is 32.1 Å². The number of fused-ring (bicyclic) bond motifs is 1. The number of hydrogen-bond donors (Lipinski definition) is 2. The summed E-state index contributed by atoms with van der Waals surface area (Å²) in [5.41, 5.74) is 0.878. The van der Waals surface area contributed by atoms with Crippen LogP contribution in [0.4, 0.5) is 0 Å². The van der Waals surface area contributed by atoms with Crippen LogP contribution in [0.2, 0.25) is 0 Å². The fourth-order valence-corrected chi connectivity index (χ4v) is 9.35. The van der Waals surface area contributed by atoms with Crippen LogP contribution >= 0.6 is 23.5 Å². The summed E-state index contributed by atoms with van der Waals surface area (Å²) < 4.78 is 38.6. The van der Waals surface area contributed by atoms with Gasteiger partial charge in [-0.05, 0) is 50.9 Å². The molecule has 4 atom stereocenters. The van der Waals surface area contributed by atoms with Gasteiger partial charge in [0.25, 0.3) is 16.0 Å². The van der Waals surface area contributed by atoms with Crippen LogP contribution in [-0.4, -0.2) is 87.5 Å². The summed E-state index contributed by atoms with van der Waals surface area (Å²) in [6.07, 6.45) is 1.72. The van der Waals surface area contributed by atoms with Gasteiger partial charge in [0, 0.05) is 0 Å². The first-order valence-corrected chi connectivity index (χ1v) is 17.7. The Kier molecular flexibility index (Phi) is 11.7. The van der Waals surface area contributed by atoms with Crippen molar-refractivity contribution in [2.75, 3.05) is 25.9 Å². The topological polar surface area (TPSA) is 133 Å². The molecule has 2 aliphatic heterocycles. The molecule has 2 amide bonds. The maximum Gasteiger partial charge on any atom is 0.344 e. The van der Waals surface area contributed by atoms with E-state index in [-0.39, 0.29) is 12.2 Å². The van der Waals surface area contributed by atoms with Gasteiger partial charge >= 0.3 is 5.97 Å². The largest absolute Gasteiger partial charge is 0.458 e. The Morgan fingerprint density at radius 1 is 1.05 bits per heavy atom. The minimum Gasteiger partial charge on any atom is -0.458 e. The second-order valence-electron chi connectivity index (χ2n) is 10.5. The van der Waals surface area contributed by atoms with Gasteiger partial charge in [0.05, 0.1) is 4.75 Å². The molecular formula is C30H41N3O7S3. The molecule has 0 aliphatic carbocycles. The zero-order valence-electron chi connectivity index (χ0n) is 25.3. The number of β-lactam (4-membered cyclic amide) rings is 1. The summed E-state index contributed by atoms with van der Waals surface area (Å²) in [4.78, 5) is 42.1. The van der Waals surface area contributed by atoms with E-state index in [1.807, 2.05) is 44.2 Å². The van der Waals surface area contributed by atoms with Gasteiger partial charge in [-0.2, -0.15) is 8.42 Å². The molecule has 236 valence electrons. The molecule has 10 nitrogen and oxygen atoms in total. The van der Waals surface area contributed by atoms with Crippen LogP contribution in [0, 0.1) is 0 Å². The molecule has 0 saturated carbocycles. The number of esters is 1. The van der Waals surface area contributed by atoms with Crippen molar-refractivity contribution in [3.05, 3.63) is 71.8 Å². The van der Waals surface area contributed by atoms with E-state index in [9.17, 15) is 27.4 Å². The molecule has 0 bridgehead atoms. The number of thioether (sulfide) groups is 2. The van der Waals surface area contributed by atoms with Gasteiger partial charge in [-0.3, -0.25) is 14.1 Å². The van der Waals surface area contributed by atoms with Crippen molar-refractivity contribution in [1.29, 1.82) is 0 Å². The van der Waals surface area contributed by atoms with Gasteiger partial charge in [0.2, 0.25) is 10.8 Å². The van der Waals surface area contributed by atoms with Crippen LogP contribution in [-0.2, 0) is 35.8 Å². The molecular weight excluding hydrogens is 611 g/mol. The Labute approximate surface area is 263 Å². The minimum absolute atomic E-state index is 0.0444. The molecule has 13 heteroatoms. The molecule has 43 heavy (non-hydrogen) atoms. The third kappa shape index (κ3) is 7.22. The number of nitrogens with zero attached hydrogens (tertiary/aromatic N) is 2. The molecule has 2 heterocycles. The van der Waals surface area contributed by atoms with Crippen LogP contribution in [0.15, 0.2) is 60.7 Å². The highest BCUT2D eigenvalue weighted by atomic mass is 32.2. The number of rotatable bonds is 11. The van der Waals surface area contributed by atoms with E-state index < -0.39 is 54.2 Å². The average molecular weight is 652 g/mol. The molecule has 0 radical (unpaired) electrons. The summed E-state index contributed by atoms with van der Waals surface area (Å²) in [5, 5.41) is -0.0197. The van der Waals surface area contributed by atoms with Gasteiger partial charge in [0.15, 0.2) is 5.25 Å². The van der Waals surface area contributed by atoms with Crippen molar-refractivity contribution in [2.45, 2.75) is 67.5 Å². The van der Waals surface area contributed by atoms with E-state index in [4.69, 9.17) is 4.74 Å². The van der Waals surface area contributed by atoms with E-state index in [0.717, 1.165) is 5.56 Å². The third-order valence-electron chi connectivity index (χ3n) is 7.68. The second kappa shape index (κ2) is 14.5.